The predicted octanol–water partition coefficient (Wildman–Crippen LogP) is 3.50. The van der Waals surface area contributed by atoms with Crippen LogP contribution in [0.5, 0.6) is 11.5 Å². The van der Waals surface area contributed by atoms with E-state index in [1.54, 1.807) is 17.4 Å². The number of amides is 1. The molecule has 0 spiro atoms. The third-order valence-electron chi connectivity index (χ3n) is 5.78. The number of thiophene rings is 1. The largest absolute Gasteiger partial charge is 0.486 e. The summed E-state index contributed by atoms with van der Waals surface area (Å²) < 4.78 is 38.5. The first-order valence-corrected chi connectivity index (χ1v) is 13.1. The first-order valence-electron chi connectivity index (χ1n) is 10.7. The van der Waals surface area contributed by atoms with Crippen LogP contribution in [0.2, 0.25) is 0 Å². The van der Waals surface area contributed by atoms with E-state index in [9.17, 15) is 13.2 Å². The number of carbonyl (C=O) groups is 1. The molecular formula is C22H28N2O5S2. The number of hydrogen-bond acceptors (Lipinski definition) is 6. The second-order valence-corrected chi connectivity index (χ2v) is 10.6. The number of benzene rings is 1. The second-order valence-electron chi connectivity index (χ2n) is 7.83. The molecule has 0 fully saturated rings. The minimum atomic E-state index is -3.60. The van der Waals surface area contributed by atoms with Crippen molar-refractivity contribution in [1.29, 1.82) is 0 Å². The highest BCUT2D eigenvalue weighted by atomic mass is 32.2. The van der Waals surface area contributed by atoms with Gasteiger partial charge >= 0.3 is 0 Å². The number of hydrogen-bond donors (Lipinski definition) is 1. The van der Waals surface area contributed by atoms with Crippen molar-refractivity contribution >= 4 is 27.3 Å². The molecule has 1 N–H and O–H groups in total. The number of ether oxygens (including phenoxy) is 2. The van der Waals surface area contributed by atoms with E-state index in [2.05, 4.69) is 23.1 Å². The van der Waals surface area contributed by atoms with Crippen LogP contribution < -0.4 is 14.2 Å². The fraction of sp³-hybridized carbons (Fsp3) is 0.500. The molecule has 2 aliphatic rings. The lowest BCUT2D eigenvalue weighted by atomic mass is 10.0. The van der Waals surface area contributed by atoms with Crippen LogP contribution in [-0.2, 0) is 21.2 Å². The zero-order chi connectivity index (χ0) is 21.8. The molecule has 3 heterocycles. The van der Waals surface area contributed by atoms with E-state index in [1.165, 1.54) is 22.6 Å². The van der Waals surface area contributed by atoms with E-state index in [0.29, 0.717) is 44.1 Å². The van der Waals surface area contributed by atoms with Crippen LogP contribution >= 0.6 is 11.3 Å². The highest BCUT2D eigenvalue weighted by Crippen LogP contribution is 2.33. The SMILES string of the molecule is CC1c2ccsc2CCN1C(=O)CCCCCNS(=O)(=O)c1ccc2c(c1)OCCO2. The molecule has 9 heteroatoms. The van der Waals surface area contributed by atoms with E-state index in [0.717, 1.165) is 25.8 Å². The molecule has 0 bridgehead atoms. The fourth-order valence-electron chi connectivity index (χ4n) is 4.05. The summed E-state index contributed by atoms with van der Waals surface area (Å²) in [4.78, 5) is 16.2. The summed E-state index contributed by atoms with van der Waals surface area (Å²) in [5.74, 6) is 1.20. The van der Waals surface area contributed by atoms with Gasteiger partial charge in [-0.2, -0.15) is 0 Å². The second kappa shape index (κ2) is 9.58. The first kappa shape index (κ1) is 22.1. The van der Waals surface area contributed by atoms with Gasteiger partial charge in [0.1, 0.15) is 13.2 Å². The molecular weight excluding hydrogens is 436 g/mol. The number of unbranched alkanes of at least 4 members (excludes halogenated alkanes) is 2. The average Bonchev–Trinajstić information content (AvgIpc) is 3.25. The normalized spacial score (nSPS) is 18.0. The van der Waals surface area contributed by atoms with E-state index in [-0.39, 0.29) is 16.8 Å². The lowest BCUT2D eigenvalue weighted by Gasteiger charge is -2.33. The molecule has 2 aromatic rings. The number of nitrogens with zero attached hydrogens (tertiary/aromatic N) is 1. The van der Waals surface area contributed by atoms with Crippen molar-refractivity contribution in [2.24, 2.45) is 0 Å². The maximum absolute atomic E-state index is 12.6. The number of carbonyl (C=O) groups excluding carboxylic acids is 1. The van der Waals surface area contributed by atoms with Crippen molar-refractivity contribution in [3.8, 4) is 11.5 Å². The third-order valence-corrected chi connectivity index (χ3v) is 8.24. The Morgan fingerprint density at radius 1 is 1.16 bits per heavy atom. The summed E-state index contributed by atoms with van der Waals surface area (Å²) in [5, 5.41) is 2.10. The highest BCUT2D eigenvalue weighted by molar-refractivity contribution is 7.89. The fourth-order valence-corrected chi connectivity index (χ4v) is 6.10. The van der Waals surface area contributed by atoms with Crippen LogP contribution in [0.15, 0.2) is 34.5 Å². The van der Waals surface area contributed by atoms with E-state index in [4.69, 9.17) is 9.47 Å². The van der Waals surface area contributed by atoms with Crippen molar-refractivity contribution in [3.63, 3.8) is 0 Å². The average molecular weight is 465 g/mol. The Bertz CT molecular complexity index is 1030. The molecule has 1 aromatic heterocycles. The zero-order valence-corrected chi connectivity index (χ0v) is 19.3. The molecule has 1 atom stereocenters. The van der Waals surface area contributed by atoms with Crippen LogP contribution in [0.25, 0.3) is 0 Å². The standard InChI is InChI=1S/C22H28N2O5S2/c1-16-18-9-14-30-21(18)8-11-24(16)22(25)5-3-2-4-10-23-31(26,27)17-6-7-19-20(15-17)29-13-12-28-19/h6-7,9,14-16,23H,2-5,8,10-13H2,1H3. The minimum Gasteiger partial charge on any atom is -0.486 e. The van der Waals surface area contributed by atoms with Gasteiger partial charge in [0, 0.05) is 30.5 Å². The summed E-state index contributed by atoms with van der Waals surface area (Å²) in [7, 11) is -3.60. The summed E-state index contributed by atoms with van der Waals surface area (Å²) in [6, 6.07) is 6.90. The van der Waals surface area contributed by atoms with Crippen molar-refractivity contribution in [2.75, 3.05) is 26.3 Å². The molecule has 1 amide bonds. The van der Waals surface area contributed by atoms with Gasteiger partial charge in [-0.1, -0.05) is 6.42 Å². The summed E-state index contributed by atoms with van der Waals surface area (Å²) in [5.41, 5.74) is 1.28. The molecule has 0 saturated heterocycles. The Morgan fingerprint density at radius 2 is 1.97 bits per heavy atom. The van der Waals surface area contributed by atoms with Gasteiger partial charge in [0.05, 0.1) is 10.9 Å². The van der Waals surface area contributed by atoms with Gasteiger partial charge < -0.3 is 14.4 Å². The summed E-state index contributed by atoms with van der Waals surface area (Å²) >= 11 is 1.77. The van der Waals surface area contributed by atoms with Crippen molar-refractivity contribution in [3.05, 3.63) is 40.1 Å². The summed E-state index contributed by atoms with van der Waals surface area (Å²) in [6.07, 6.45) is 3.66. The zero-order valence-electron chi connectivity index (χ0n) is 17.6. The van der Waals surface area contributed by atoms with Gasteiger partial charge in [-0.25, -0.2) is 13.1 Å². The van der Waals surface area contributed by atoms with Crippen molar-refractivity contribution < 1.29 is 22.7 Å². The minimum absolute atomic E-state index is 0.139. The lowest BCUT2D eigenvalue weighted by Crippen LogP contribution is -2.38. The third kappa shape index (κ3) is 5.05. The monoisotopic (exact) mass is 464 g/mol. The number of nitrogens with one attached hydrogen (secondary N) is 1. The lowest BCUT2D eigenvalue weighted by molar-refractivity contribution is -0.133. The number of fused-ring (bicyclic) bond motifs is 2. The Labute approximate surface area is 187 Å². The first-order chi connectivity index (χ1) is 15.0. The van der Waals surface area contributed by atoms with Gasteiger partial charge in [0.15, 0.2) is 11.5 Å². The number of rotatable bonds is 8. The van der Waals surface area contributed by atoms with Gasteiger partial charge in [-0.15, -0.1) is 11.3 Å². The molecule has 168 valence electrons. The Balaban J connectivity index is 1.19. The Hall–Kier alpha value is -2.10. The van der Waals surface area contributed by atoms with Gasteiger partial charge in [0.2, 0.25) is 15.9 Å². The molecule has 31 heavy (non-hydrogen) atoms. The van der Waals surface area contributed by atoms with Crippen LogP contribution in [0, 0.1) is 0 Å². The van der Waals surface area contributed by atoms with Gasteiger partial charge in [0.25, 0.3) is 0 Å². The smallest absolute Gasteiger partial charge is 0.240 e. The van der Waals surface area contributed by atoms with E-state index >= 15 is 0 Å². The molecule has 0 aliphatic carbocycles. The van der Waals surface area contributed by atoms with Gasteiger partial charge in [-0.05, 0) is 55.3 Å². The maximum Gasteiger partial charge on any atom is 0.240 e. The molecule has 1 aromatic carbocycles. The highest BCUT2D eigenvalue weighted by Gasteiger charge is 2.27. The molecule has 7 nitrogen and oxygen atoms in total. The topological polar surface area (TPSA) is 84.9 Å². The number of sulfonamides is 1. The molecule has 4 rings (SSSR count). The molecule has 0 radical (unpaired) electrons. The predicted molar refractivity (Wildman–Crippen MR) is 119 cm³/mol. The van der Waals surface area contributed by atoms with Gasteiger partial charge in [-0.3, -0.25) is 4.79 Å². The Kier molecular flexibility index (Phi) is 6.83. The molecule has 2 aliphatic heterocycles. The molecule has 1 unspecified atom stereocenters. The quantitative estimate of drug-likeness (QED) is 0.605. The van der Waals surface area contributed by atoms with Crippen LogP contribution in [0.1, 0.15) is 49.1 Å². The Morgan fingerprint density at radius 3 is 2.81 bits per heavy atom. The van der Waals surface area contributed by atoms with E-state index in [1.807, 2.05) is 4.90 Å². The van der Waals surface area contributed by atoms with Crippen molar-refractivity contribution in [2.45, 2.75) is 50.0 Å². The van der Waals surface area contributed by atoms with Crippen molar-refractivity contribution in [1.82, 2.24) is 9.62 Å². The molecule has 0 saturated carbocycles. The van der Waals surface area contributed by atoms with Crippen LogP contribution in [0.3, 0.4) is 0 Å². The maximum atomic E-state index is 12.6. The summed E-state index contributed by atoms with van der Waals surface area (Å²) in [6.45, 7) is 4.08. The van der Waals surface area contributed by atoms with Crippen LogP contribution in [-0.4, -0.2) is 45.5 Å². The van der Waals surface area contributed by atoms with Crippen LogP contribution in [0.4, 0.5) is 0 Å². The van der Waals surface area contributed by atoms with E-state index < -0.39 is 10.0 Å².